The van der Waals surface area contributed by atoms with Crippen molar-refractivity contribution in [2.75, 3.05) is 5.73 Å². The highest BCUT2D eigenvalue weighted by Crippen LogP contribution is 2.19. The van der Waals surface area contributed by atoms with E-state index in [1.54, 1.807) is 18.5 Å². The van der Waals surface area contributed by atoms with Gasteiger partial charge in [-0.1, -0.05) is 17.7 Å². The van der Waals surface area contributed by atoms with Gasteiger partial charge in [0.1, 0.15) is 0 Å². The van der Waals surface area contributed by atoms with E-state index in [2.05, 4.69) is 0 Å². The van der Waals surface area contributed by atoms with Gasteiger partial charge in [0.25, 0.3) is 0 Å². The third-order valence-electron chi connectivity index (χ3n) is 2.29. The Morgan fingerprint density at radius 1 is 1.19 bits per heavy atom. The van der Waals surface area contributed by atoms with Crippen molar-refractivity contribution >= 4 is 17.3 Å². The summed E-state index contributed by atoms with van der Waals surface area (Å²) in [6.45, 7) is 0.668. The van der Waals surface area contributed by atoms with Gasteiger partial charge < -0.3 is 10.3 Å². The van der Waals surface area contributed by atoms with Crippen LogP contribution in [-0.4, -0.2) is 4.57 Å². The third-order valence-corrected chi connectivity index (χ3v) is 2.63. The van der Waals surface area contributed by atoms with Gasteiger partial charge in [0.2, 0.25) is 0 Å². The first kappa shape index (κ1) is 10.8. The van der Waals surface area contributed by atoms with Crippen LogP contribution in [0.2, 0.25) is 5.02 Å². The van der Waals surface area contributed by atoms with Gasteiger partial charge in [-0.15, -0.1) is 0 Å². The molecule has 0 spiro atoms. The Morgan fingerprint density at radius 2 is 1.88 bits per heavy atom. The molecule has 3 nitrogen and oxygen atoms in total. The van der Waals surface area contributed by atoms with E-state index in [0.717, 1.165) is 5.56 Å². The summed E-state index contributed by atoms with van der Waals surface area (Å²) >= 11 is 5.83. The summed E-state index contributed by atoms with van der Waals surface area (Å²) in [6.07, 6.45) is 3.49. The lowest BCUT2D eigenvalue weighted by Gasteiger charge is -2.07. The number of pyridine rings is 1. The first-order valence-electron chi connectivity index (χ1n) is 4.85. The van der Waals surface area contributed by atoms with Crippen LogP contribution in [0.25, 0.3) is 0 Å². The smallest absolute Gasteiger partial charge is 0.181 e. The Balaban J connectivity index is 2.23. The summed E-state index contributed by atoms with van der Waals surface area (Å²) in [5, 5.41) is 0.559. The minimum atomic E-state index is 0.00636. The monoisotopic (exact) mass is 234 g/mol. The largest absolute Gasteiger partial charge is 0.398 e. The molecule has 0 unspecified atom stereocenters. The molecule has 0 saturated heterocycles. The fourth-order valence-corrected chi connectivity index (χ4v) is 1.57. The maximum Gasteiger partial charge on any atom is 0.181 e. The summed E-state index contributed by atoms with van der Waals surface area (Å²) in [4.78, 5) is 10.9. The number of nitrogens with zero attached hydrogens (tertiary/aromatic N) is 1. The molecule has 82 valence electrons. The summed E-state index contributed by atoms with van der Waals surface area (Å²) in [5.74, 6) is 0. The van der Waals surface area contributed by atoms with Crippen molar-refractivity contribution in [3.8, 4) is 0 Å². The molecule has 0 bridgehead atoms. The minimum Gasteiger partial charge on any atom is -0.398 e. The minimum absolute atomic E-state index is 0.00636. The van der Waals surface area contributed by atoms with Crippen LogP contribution in [0.4, 0.5) is 5.69 Å². The first-order valence-corrected chi connectivity index (χ1v) is 5.23. The van der Waals surface area contributed by atoms with Crippen molar-refractivity contribution in [3.63, 3.8) is 0 Å². The normalized spacial score (nSPS) is 10.3. The van der Waals surface area contributed by atoms with Crippen LogP contribution >= 0.6 is 11.6 Å². The lowest BCUT2D eigenvalue weighted by atomic mass is 10.2. The molecule has 0 amide bonds. The number of rotatable bonds is 2. The second-order valence-electron chi connectivity index (χ2n) is 3.56. The SMILES string of the molecule is Nc1cc(Cn2ccc(=O)cc2)ccc1Cl. The van der Waals surface area contributed by atoms with Crippen LogP contribution in [0.1, 0.15) is 5.56 Å². The van der Waals surface area contributed by atoms with Gasteiger partial charge in [-0.2, -0.15) is 0 Å². The van der Waals surface area contributed by atoms with Gasteiger partial charge in [0.05, 0.1) is 10.7 Å². The molecule has 0 aliphatic carbocycles. The zero-order valence-corrected chi connectivity index (χ0v) is 9.32. The molecule has 4 heteroatoms. The van der Waals surface area contributed by atoms with E-state index in [1.807, 2.05) is 16.7 Å². The standard InChI is InChI=1S/C12H11ClN2O/c13-11-2-1-9(7-12(11)14)8-15-5-3-10(16)4-6-15/h1-7H,8,14H2. The molecule has 0 radical (unpaired) electrons. The second kappa shape index (κ2) is 4.41. The van der Waals surface area contributed by atoms with E-state index in [0.29, 0.717) is 17.3 Å². The van der Waals surface area contributed by atoms with E-state index in [1.165, 1.54) is 12.1 Å². The Labute approximate surface area is 98.1 Å². The van der Waals surface area contributed by atoms with E-state index >= 15 is 0 Å². The van der Waals surface area contributed by atoms with E-state index in [-0.39, 0.29) is 5.43 Å². The van der Waals surface area contributed by atoms with Crippen molar-refractivity contribution in [2.24, 2.45) is 0 Å². The molecule has 1 heterocycles. The molecule has 1 aromatic heterocycles. The first-order chi connectivity index (χ1) is 7.65. The van der Waals surface area contributed by atoms with Gasteiger partial charge in [-0.3, -0.25) is 4.79 Å². The van der Waals surface area contributed by atoms with Gasteiger partial charge in [0, 0.05) is 31.1 Å². The molecule has 16 heavy (non-hydrogen) atoms. The second-order valence-corrected chi connectivity index (χ2v) is 3.97. The average molecular weight is 235 g/mol. The molecule has 0 aliphatic rings. The molecule has 0 saturated carbocycles. The number of anilines is 1. The van der Waals surface area contributed by atoms with Crippen LogP contribution in [0, 0.1) is 0 Å². The van der Waals surface area contributed by atoms with Crippen LogP contribution in [0.15, 0.2) is 47.5 Å². The van der Waals surface area contributed by atoms with Crippen molar-refractivity contribution < 1.29 is 0 Å². The quantitative estimate of drug-likeness (QED) is 0.810. The van der Waals surface area contributed by atoms with Crippen LogP contribution in [-0.2, 0) is 6.54 Å². The fraction of sp³-hybridized carbons (Fsp3) is 0.0833. The van der Waals surface area contributed by atoms with Crippen molar-refractivity contribution in [3.05, 3.63) is 63.5 Å². The molecule has 0 aliphatic heterocycles. The van der Waals surface area contributed by atoms with E-state index in [9.17, 15) is 4.79 Å². The molecular weight excluding hydrogens is 224 g/mol. The Kier molecular flexibility index (Phi) is 2.97. The molecule has 1 aromatic carbocycles. The molecule has 2 aromatic rings. The number of nitrogen functional groups attached to an aromatic ring is 1. The maximum atomic E-state index is 10.9. The molecule has 0 fully saturated rings. The molecule has 2 rings (SSSR count). The number of nitrogens with two attached hydrogens (primary N) is 1. The highest BCUT2D eigenvalue weighted by Gasteiger charge is 1.98. The fourth-order valence-electron chi connectivity index (χ4n) is 1.45. The van der Waals surface area contributed by atoms with E-state index in [4.69, 9.17) is 17.3 Å². The number of hydrogen-bond acceptors (Lipinski definition) is 2. The third kappa shape index (κ3) is 2.44. The Hall–Kier alpha value is -1.74. The number of aromatic nitrogens is 1. The zero-order valence-electron chi connectivity index (χ0n) is 8.56. The van der Waals surface area contributed by atoms with E-state index < -0.39 is 0 Å². The van der Waals surface area contributed by atoms with Crippen molar-refractivity contribution in [1.82, 2.24) is 4.57 Å². The van der Waals surface area contributed by atoms with Crippen LogP contribution in [0.3, 0.4) is 0 Å². The van der Waals surface area contributed by atoms with Gasteiger partial charge in [0.15, 0.2) is 5.43 Å². The number of halogens is 1. The predicted octanol–water partition coefficient (Wildman–Crippen LogP) is 2.13. The van der Waals surface area contributed by atoms with Crippen molar-refractivity contribution in [1.29, 1.82) is 0 Å². The maximum absolute atomic E-state index is 10.9. The van der Waals surface area contributed by atoms with Gasteiger partial charge in [-0.25, -0.2) is 0 Å². The summed E-state index contributed by atoms with van der Waals surface area (Å²) < 4.78 is 1.91. The predicted molar refractivity (Wildman–Crippen MR) is 65.7 cm³/mol. The number of benzene rings is 1. The summed E-state index contributed by atoms with van der Waals surface area (Å²) in [5.41, 5.74) is 7.33. The zero-order chi connectivity index (χ0) is 11.5. The average Bonchev–Trinajstić information content (AvgIpc) is 2.27. The van der Waals surface area contributed by atoms with Gasteiger partial charge in [-0.05, 0) is 17.7 Å². The lowest BCUT2D eigenvalue weighted by Crippen LogP contribution is -2.05. The van der Waals surface area contributed by atoms with Gasteiger partial charge >= 0.3 is 0 Å². The van der Waals surface area contributed by atoms with Crippen LogP contribution < -0.4 is 11.2 Å². The lowest BCUT2D eigenvalue weighted by molar-refractivity contribution is 0.789. The van der Waals surface area contributed by atoms with Crippen molar-refractivity contribution in [2.45, 2.75) is 6.54 Å². The highest BCUT2D eigenvalue weighted by molar-refractivity contribution is 6.33. The topological polar surface area (TPSA) is 48.0 Å². The molecular formula is C12H11ClN2O. The highest BCUT2D eigenvalue weighted by atomic mass is 35.5. The Bertz CT molecular complexity index is 543. The van der Waals surface area contributed by atoms with Crippen LogP contribution in [0.5, 0.6) is 0 Å². The summed E-state index contributed by atoms with van der Waals surface area (Å²) in [7, 11) is 0. The summed E-state index contributed by atoms with van der Waals surface area (Å²) in [6, 6.07) is 8.57. The molecule has 0 atom stereocenters. The molecule has 2 N–H and O–H groups in total. The number of hydrogen-bond donors (Lipinski definition) is 1. The Morgan fingerprint density at radius 3 is 2.50 bits per heavy atom.